The summed E-state index contributed by atoms with van der Waals surface area (Å²) in [7, 11) is 1.64. The molecule has 1 aliphatic heterocycles. The fourth-order valence-corrected chi connectivity index (χ4v) is 4.52. The van der Waals surface area contributed by atoms with E-state index in [1.54, 1.807) is 13.2 Å². The summed E-state index contributed by atoms with van der Waals surface area (Å²) in [6, 6.07) is 14.4. The highest BCUT2D eigenvalue weighted by atomic mass is 19.1. The van der Waals surface area contributed by atoms with Crippen molar-refractivity contribution in [2.24, 2.45) is 0 Å². The maximum Gasteiger partial charge on any atom is 0.233 e. The van der Waals surface area contributed by atoms with E-state index in [1.165, 1.54) is 12.1 Å². The van der Waals surface area contributed by atoms with E-state index in [1.807, 2.05) is 35.2 Å². The molecule has 2 aromatic carbocycles. The number of halogens is 1. The van der Waals surface area contributed by atoms with Gasteiger partial charge < -0.3 is 9.64 Å². The smallest absolute Gasteiger partial charge is 0.233 e. The van der Waals surface area contributed by atoms with Crippen LogP contribution in [0.3, 0.4) is 0 Å². The van der Waals surface area contributed by atoms with Gasteiger partial charge in [-0.1, -0.05) is 24.3 Å². The number of fused-ring (bicyclic) bond motifs is 1. The summed E-state index contributed by atoms with van der Waals surface area (Å²) in [4.78, 5) is 15.5. The van der Waals surface area contributed by atoms with E-state index in [-0.39, 0.29) is 11.7 Å². The van der Waals surface area contributed by atoms with Gasteiger partial charge in [0.05, 0.1) is 18.2 Å². The van der Waals surface area contributed by atoms with Crippen LogP contribution in [0.15, 0.2) is 48.5 Å². The zero-order valence-electron chi connectivity index (χ0n) is 17.0. The van der Waals surface area contributed by atoms with Crippen LogP contribution >= 0.6 is 0 Å². The molecular weight excluding hydrogens is 381 g/mol. The van der Waals surface area contributed by atoms with Crippen molar-refractivity contribution in [3.63, 3.8) is 0 Å². The highest BCUT2D eigenvalue weighted by Gasteiger charge is 2.53. The first-order valence-electron chi connectivity index (χ1n) is 10.4. The van der Waals surface area contributed by atoms with E-state index >= 15 is 0 Å². The molecule has 1 saturated carbocycles. The van der Waals surface area contributed by atoms with Gasteiger partial charge in [0.1, 0.15) is 11.6 Å². The molecule has 1 N–H and O–H groups in total. The van der Waals surface area contributed by atoms with Crippen molar-refractivity contribution in [2.75, 3.05) is 20.2 Å². The molecule has 0 spiro atoms. The lowest BCUT2D eigenvalue weighted by molar-refractivity contribution is -0.133. The Labute approximate surface area is 174 Å². The number of carbonyl (C=O) groups excluding carboxylic acids is 1. The van der Waals surface area contributed by atoms with Crippen molar-refractivity contribution in [1.82, 2.24) is 15.1 Å². The molecule has 3 aromatic rings. The van der Waals surface area contributed by atoms with Crippen molar-refractivity contribution >= 4 is 5.91 Å². The Bertz CT molecular complexity index is 1090. The van der Waals surface area contributed by atoms with Gasteiger partial charge in [-0.3, -0.25) is 9.89 Å². The van der Waals surface area contributed by atoms with Crippen LogP contribution in [-0.4, -0.2) is 41.2 Å². The van der Waals surface area contributed by atoms with Crippen molar-refractivity contribution in [3.8, 4) is 17.0 Å². The van der Waals surface area contributed by atoms with Gasteiger partial charge in [0.15, 0.2) is 0 Å². The molecular formula is C24H24FN3O2. The number of nitrogens with one attached hydrogen (secondary N) is 1. The van der Waals surface area contributed by atoms with Crippen LogP contribution in [-0.2, 0) is 23.1 Å². The zero-order chi connectivity index (χ0) is 20.7. The lowest BCUT2D eigenvalue weighted by Crippen LogP contribution is -2.40. The standard InChI is InChI=1S/C24H24FN3O2/c1-30-19-7-5-17(6-8-19)24(11-12-24)23(29)28-13-9-20-21(10-14-28)26-27-22(20)16-3-2-4-18(25)15-16/h2-8,15H,9-14H2,1H3,(H,26,27). The number of methoxy groups -OCH3 is 1. The van der Waals surface area contributed by atoms with Crippen molar-refractivity contribution in [3.05, 3.63) is 71.2 Å². The average Bonchev–Trinajstić information content (AvgIpc) is 3.53. The summed E-state index contributed by atoms with van der Waals surface area (Å²) < 4.78 is 18.9. The summed E-state index contributed by atoms with van der Waals surface area (Å²) in [5, 5.41) is 7.56. The van der Waals surface area contributed by atoms with Crippen LogP contribution in [0.1, 0.15) is 29.7 Å². The van der Waals surface area contributed by atoms with Gasteiger partial charge in [-0.2, -0.15) is 5.10 Å². The van der Waals surface area contributed by atoms with Crippen LogP contribution in [0.25, 0.3) is 11.3 Å². The molecule has 5 rings (SSSR count). The fraction of sp³-hybridized carbons (Fsp3) is 0.333. The molecule has 1 fully saturated rings. The number of rotatable bonds is 4. The molecule has 0 unspecified atom stereocenters. The van der Waals surface area contributed by atoms with Crippen molar-refractivity contribution < 1.29 is 13.9 Å². The molecule has 2 heterocycles. The molecule has 1 aliphatic carbocycles. The minimum atomic E-state index is -0.395. The summed E-state index contributed by atoms with van der Waals surface area (Å²) in [5.74, 6) is 0.732. The molecule has 5 nitrogen and oxygen atoms in total. The summed E-state index contributed by atoms with van der Waals surface area (Å²) in [6.07, 6.45) is 3.20. The SMILES string of the molecule is COc1ccc(C2(C(=O)N3CCc4[nH]nc(-c5cccc(F)c5)c4CC3)CC2)cc1. The zero-order valence-corrected chi connectivity index (χ0v) is 17.0. The van der Waals surface area contributed by atoms with E-state index in [0.717, 1.165) is 53.1 Å². The maximum atomic E-state index is 13.7. The van der Waals surface area contributed by atoms with Gasteiger partial charge >= 0.3 is 0 Å². The Morgan fingerprint density at radius 1 is 1.13 bits per heavy atom. The van der Waals surface area contributed by atoms with Crippen LogP contribution < -0.4 is 4.74 Å². The van der Waals surface area contributed by atoms with E-state index < -0.39 is 5.41 Å². The Kier molecular flexibility index (Phi) is 4.57. The second-order valence-corrected chi connectivity index (χ2v) is 8.14. The lowest BCUT2D eigenvalue weighted by atomic mass is 9.94. The maximum absolute atomic E-state index is 13.7. The Morgan fingerprint density at radius 3 is 2.60 bits per heavy atom. The highest BCUT2D eigenvalue weighted by Crippen LogP contribution is 2.50. The minimum absolute atomic E-state index is 0.207. The highest BCUT2D eigenvalue weighted by molar-refractivity contribution is 5.91. The number of carbonyl (C=O) groups is 1. The normalized spacial score (nSPS) is 17.2. The van der Waals surface area contributed by atoms with Crippen molar-refractivity contribution in [1.29, 1.82) is 0 Å². The largest absolute Gasteiger partial charge is 0.497 e. The number of nitrogens with zero attached hydrogens (tertiary/aromatic N) is 2. The molecule has 2 aliphatic rings. The van der Waals surface area contributed by atoms with Gasteiger partial charge in [0.25, 0.3) is 0 Å². The molecule has 1 aromatic heterocycles. The number of ether oxygens (including phenoxy) is 1. The van der Waals surface area contributed by atoms with E-state index in [4.69, 9.17) is 4.74 Å². The second kappa shape index (κ2) is 7.27. The average molecular weight is 405 g/mol. The Hall–Kier alpha value is -3.15. The van der Waals surface area contributed by atoms with Crippen LogP contribution in [0.5, 0.6) is 5.75 Å². The van der Waals surface area contributed by atoms with Gasteiger partial charge in [-0.25, -0.2) is 4.39 Å². The van der Waals surface area contributed by atoms with Gasteiger partial charge in [0.2, 0.25) is 5.91 Å². The first-order chi connectivity index (χ1) is 14.6. The first-order valence-corrected chi connectivity index (χ1v) is 10.4. The Balaban J connectivity index is 1.36. The molecule has 154 valence electrons. The summed E-state index contributed by atoms with van der Waals surface area (Å²) in [5.41, 5.74) is 4.36. The minimum Gasteiger partial charge on any atom is -0.497 e. The number of H-pyrrole nitrogens is 1. The van der Waals surface area contributed by atoms with E-state index in [2.05, 4.69) is 10.2 Å². The molecule has 6 heteroatoms. The quantitative estimate of drug-likeness (QED) is 0.717. The van der Waals surface area contributed by atoms with Crippen molar-refractivity contribution in [2.45, 2.75) is 31.1 Å². The third-order valence-corrected chi connectivity index (χ3v) is 6.40. The summed E-state index contributed by atoms with van der Waals surface area (Å²) in [6.45, 7) is 1.31. The second-order valence-electron chi connectivity index (χ2n) is 8.14. The first kappa shape index (κ1) is 18.9. The van der Waals surface area contributed by atoms with Gasteiger partial charge in [0, 0.05) is 36.3 Å². The monoisotopic (exact) mass is 405 g/mol. The molecule has 0 bridgehead atoms. The predicted octanol–water partition coefficient (Wildman–Crippen LogP) is 3.88. The number of aromatic amines is 1. The topological polar surface area (TPSA) is 58.2 Å². The van der Waals surface area contributed by atoms with Crippen LogP contribution in [0, 0.1) is 5.82 Å². The summed E-state index contributed by atoms with van der Waals surface area (Å²) >= 11 is 0. The number of hydrogen-bond acceptors (Lipinski definition) is 3. The molecule has 0 radical (unpaired) electrons. The molecule has 30 heavy (non-hydrogen) atoms. The molecule has 0 saturated heterocycles. The van der Waals surface area contributed by atoms with Gasteiger partial charge in [-0.15, -0.1) is 0 Å². The number of hydrogen-bond donors (Lipinski definition) is 1. The van der Waals surface area contributed by atoms with E-state index in [0.29, 0.717) is 19.5 Å². The van der Waals surface area contributed by atoms with Crippen LogP contribution in [0.2, 0.25) is 0 Å². The van der Waals surface area contributed by atoms with Gasteiger partial charge in [-0.05, 0) is 49.1 Å². The third kappa shape index (κ3) is 3.16. The van der Waals surface area contributed by atoms with E-state index in [9.17, 15) is 9.18 Å². The number of amides is 1. The Morgan fingerprint density at radius 2 is 1.90 bits per heavy atom. The van der Waals surface area contributed by atoms with Crippen LogP contribution in [0.4, 0.5) is 4.39 Å². The number of aromatic nitrogens is 2. The fourth-order valence-electron chi connectivity index (χ4n) is 4.52. The predicted molar refractivity (Wildman–Crippen MR) is 112 cm³/mol. The lowest BCUT2D eigenvalue weighted by Gasteiger charge is -2.26. The molecule has 1 amide bonds. The molecule has 0 atom stereocenters. The number of benzene rings is 2. The third-order valence-electron chi connectivity index (χ3n) is 6.40.